The zero-order chi connectivity index (χ0) is 21.2. The largest absolute Gasteiger partial charge is 0.513 e. The van der Waals surface area contributed by atoms with Gasteiger partial charge in [0.15, 0.2) is 0 Å². The molecule has 7 nitrogen and oxygen atoms in total. The first-order chi connectivity index (χ1) is 13.9. The molecule has 0 aliphatic carbocycles. The molecule has 0 radical (unpaired) electrons. The van der Waals surface area contributed by atoms with Crippen LogP contribution in [0.2, 0.25) is 0 Å². The molecule has 0 aromatic heterocycles. The van der Waals surface area contributed by atoms with Gasteiger partial charge < -0.3 is 20.1 Å². The second kappa shape index (κ2) is 10.8. The van der Waals surface area contributed by atoms with Crippen molar-refractivity contribution in [3.05, 3.63) is 59.7 Å². The van der Waals surface area contributed by atoms with Gasteiger partial charge in [-0.15, -0.1) is 0 Å². The van der Waals surface area contributed by atoms with Crippen molar-refractivity contribution in [3.63, 3.8) is 0 Å². The van der Waals surface area contributed by atoms with Crippen molar-refractivity contribution in [2.45, 2.75) is 33.7 Å². The van der Waals surface area contributed by atoms with Crippen LogP contribution in [-0.4, -0.2) is 24.6 Å². The Bertz CT molecular complexity index is 829. The van der Waals surface area contributed by atoms with E-state index in [1.165, 1.54) is 12.1 Å². The number of hydrogen-bond donors (Lipinski definition) is 2. The van der Waals surface area contributed by atoms with Crippen molar-refractivity contribution in [3.8, 4) is 5.75 Å². The molecule has 2 rings (SSSR count). The highest BCUT2D eigenvalue weighted by atomic mass is 16.7. The van der Waals surface area contributed by atoms with Crippen molar-refractivity contribution in [2.24, 2.45) is 5.92 Å². The quantitative estimate of drug-likeness (QED) is 0.515. The third-order valence-electron chi connectivity index (χ3n) is 3.88. The first kappa shape index (κ1) is 21.9. The number of amides is 2. The van der Waals surface area contributed by atoms with Gasteiger partial charge in [-0.3, -0.25) is 9.59 Å². The molecule has 2 amide bonds. The fourth-order valence-electron chi connectivity index (χ4n) is 2.47. The summed E-state index contributed by atoms with van der Waals surface area (Å²) < 4.78 is 9.65. The van der Waals surface area contributed by atoms with Gasteiger partial charge in [0.05, 0.1) is 6.61 Å². The summed E-state index contributed by atoms with van der Waals surface area (Å²) in [6.45, 7) is 6.35. The van der Waals surface area contributed by atoms with E-state index >= 15 is 0 Å². The highest BCUT2D eigenvalue weighted by Crippen LogP contribution is 2.15. The molecule has 0 saturated carbocycles. The number of ether oxygens (including phenoxy) is 2. The molecule has 0 atom stereocenters. The van der Waals surface area contributed by atoms with Gasteiger partial charge in [0.25, 0.3) is 5.91 Å². The lowest BCUT2D eigenvalue weighted by Gasteiger charge is -2.09. The van der Waals surface area contributed by atoms with Gasteiger partial charge in [-0.25, -0.2) is 4.79 Å². The van der Waals surface area contributed by atoms with Crippen LogP contribution in [0.3, 0.4) is 0 Å². The Kier molecular flexibility index (Phi) is 8.21. The fraction of sp³-hybridized carbons (Fsp3) is 0.318. The Hall–Kier alpha value is -3.35. The second-order valence-electron chi connectivity index (χ2n) is 6.84. The summed E-state index contributed by atoms with van der Waals surface area (Å²) in [4.78, 5) is 35.3. The molecule has 0 bridgehead atoms. The molecular weight excluding hydrogens is 372 g/mol. The summed E-state index contributed by atoms with van der Waals surface area (Å²) in [6, 6.07) is 13.4. The summed E-state index contributed by atoms with van der Waals surface area (Å²) >= 11 is 0. The molecule has 0 spiro atoms. The number of nitrogens with one attached hydrogen (secondary N) is 2. The minimum absolute atomic E-state index is 0.0211. The zero-order valence-electron chi connectivity index (χ0n) is 16.9. The van der Waals surface area contributed by atoms with Crippen LogP contribution in [0.4, 0.5) is 10.5 Å². The Labute approximate surface area is 170 Å². The molecule has 29 heavy (non-hydrogen) atoms. The van der Waals surface area contributed by atoms with E-state index in [0.717, 1.165) is 5.56 Å². The number of carbonyl (C=O) groups excluding carboxylic acids is 3. The lowest BCUT2D eigenvalue weighted by molar-refractivity contribution is -0.121. The average Bonchev–Trinajstić information content (AvgIpc) is 2.67. The maximum absolute atomic E-state index is 12.4. The first-order valence-corrected chi connectivity index (χ1v) is 9.49. The molecule has 0 aliphatic rings. The zero-order valence-corrected chi connectivity index (χ0v) is 16.9. The topological polar surface area (TPSA) is 93.7 Å². The summed E-state index contributed by atoms with van der Waals surface area (Å²) in [5.74, 6) is 0.348. The van der Waals surface area contributed by atoms with Crippen LogP contribution in [0.25, 0.3) is 0 Å². The number of rotatable bonds is 8. The van der Waals surface area contributed by atoms with Crippen LogP contribution >= 0.6 is 0 Å². The smallest absolute Gasteiger partial charge is 0.434 e. The third kappa shape index (κ3) is 7.65. The van der Waals surface area contributed by atoms with Gasteiger partial charge in [-0.1, -0.05) is 26.0 Å². The molecular formula is C22H26N2O5. The van der Waals surface area contributed by atoms with Crippen LogP contribution < -0.4 is 15.4 Å². The van der Waals surface area contributed by atoms with E-state index in [0.29, 0.717) is 35.9 Å². The van der Waals surface area contributed by atoms with Gasteiger partial charge in [0.2, 0.25) is 5.91 Å². The van der Waals surface area contributed by atoms with Gasteiger partial charge in [0.1, 0.15) is 5.75 Å². The highest BCUT2D eigenvalue weighted by Gasteiger charge is 2.09. The van der Waals surface area contributed by atoms with Crippen LogP contribution in [0.15, 0.2) is 48.5 Å². The number of anilines is 1. The van der Waals surface area contributed by atoms with E-state index in [9.17, 15) is 14.4 Å². The van der Waals surface area contributed by atoms with E-state index in [1.807, 2.05) is 26.0 Å². The monoisotopic (exact) mass is 398 g/mol. The van der Waals surface area contributed by atoms with Crippen molar-refractivity contribution >= 4 is 23.7 Å². The maximum Gasteiger partial charge on any atom is 0.513 e. The lowest BCUT2D eigenvalue weighted by atomic mass is 10.1. The fourth-order valence-corrected chi connectivity index (χ4v) is 2.47. The van der Waals surface area contributed by atoms with E-state index in [2.05, 4.69) is 10.6 Å². The SMILES string of the molecule is CCOC(=O)Oc1ccc(C(=O)Nc2ccc(CNC(=O)CC(C)C)cc2)cc1. The second-order valence-corrected chi connectivity index (χ2v) is 6.84. The Morgan fingerprint density at radius 3 is 2.21 bits per heavy atom. The van der Waals surface area contributed by atoms with Gasteiger partial charge in [0, 0.05) is 24.2 Å². The molecule has 154 valence electrons. The Balaban J connectivity index is 1.87. The molecule has 2 N–H and O–H groups in total. The predicted octanol–water partition coefficient (Wildman–Crippen LogP) is 4.14. The Morgan fingerprint density at radius 1 is 0.966 bits per heavy atom. The minimum Gasteiger partial charge on any atom is -0.434 e. The molecule has 0 heterocycles. The summed E-state index contributed by atoms with van der Waals surface area (Å²) in [5.41, 5.74) is 2.01. The van der Waals surface area contributed by atoms with Crippen LogP contribution in [0.5, 0.6) is 5.75 Å². The number of benzene rings is 2. The molecule has 2 aromatic carbocycles. The summed E-state index contributed by atoms with van der Waals surface area (Å²) in [7, 11) is 0. The molecule has 0 saturated heterocycles. The Morgan fingerprint density at radius 2 is 1.62 bits per heavy atom. The van der Waals surface area contributed by atoms with Gasteiger partial charge in [-0.2, -0.15) is 0 Å². The van der Waals surface area contributed by atoms with Crippen LogP contribution in [0.1, 0.15) is 43.1 Å². The maximum atomic E-state index is 12.4. The van der Waals surface area contributed by atoms with E-state index < -0.39 is 6.16 Å². The molecule has 0 fully saturated rings. The molecule has 0 unspecified atom stereocenters. The van der Waals surface area contributed by atoms with Crippen molar-refractivity contribution in [2.75, 3.05) is 11.9 Å². The minimum atomic E-state index is -0.787. The van der Waals surface area contributed by atoms with Crippen LogP contribution in [-0.2, 0) is 16.1 Å². The number of carbonyl (C=O) groups is 3. The first-order valence-electron chi connectivity index (χ1n) is 9.49. The van der Waals surface area contributed by atoms with Crippen molar-refractivity contribution in [1.82, 2.24) is 5.32 Å². The highest BCUT2D eigenvalue weighted by molar-refractivity contribution is 6.04. The van der Waals surface area contributed by atoms with Crippen LogP contribution in [0, 0.1) is 5.92 Å². The van der Waals surface area contributed by atoms with Gasteiger partial charge >= 0.3 is 6.16 Å². The molecule has 0 aliphatic heterocycles. The average molecular weight is 398 g/mol. The van der Waals surface area contributed by atoms with Crippen molar-refractivity contribution < 1.29 is 23.9 Å². The van der Waals surface area contributed by atoms with Crippen molar-refractivity contribution in [1.29, 1.82) is 0 Å². The standard InChI is InChI=1S/C22H26N2O5/c1-4-28-22(27)29-19-11-7-17(8-12-19)21(26)24-18-9-5-16(6-10-18)14-23-20(25)13-15(2)3/h5-12,15H,4,13-14H2,1-3H3,(H,23,25)(H,24,26). The van der Waals surface area contributed by atoms with Gasteiger partial charge in [-0.05, 0) is 54.8 Å². The van der Waals surface area contributed by atoms with E-state index in [1.54, 1.807) is 31.2 Å². The third-order valence-corrected chi connectivity index (χ3v) is 3.88. The lowest BCUT2D eigenvalue weighted by Crippen LogP contribution is -2.23. The normalized spacial score (nSPS) is 10.3. The molecule has 2 aromatic rings. The summed E-state index contributed by atoms with van der Waals surface area (Å²) in [5, 5.41) is 5.67. The van der Waals surface area contributed by atoms with E-state index in [4.69, 9.17) is 9.47 Å². The summed E-state index contributed by atoms with van der Waals surface area (Å²) in [6.07, 6.45) is -0.289. The predicted molar refractivity (Wildman–Crippen MR) is 110 cm³/mol. The molecule has 7 heteroatoms. The number of hydrogen-bond acceptors (Lipinski definition) is 5. The van der Waals surface area contributed by atoms with E-state index in [-0.39, 0.29) is 18.4 Å².